The molecule has 0 amide bonds. The molecule has 1 spiro atoms. The van der Waals surface area contributed by atoms with Crippen molar-refractivity contribution in [3.63, 3.8) is 0 Å². The summed E-state index contributed by atoms with van der Waals surface area (Å²) in [5.74, 6) is 6.05. The Bertz CT molecular complexity index is 514. The maximum absolute atomic E-state index is 10.6. The van der Waals surface area contributed by atoms with Gasteiger partial charge in [0.15, 0.2) is 0 Å². The van der Waals surface area contributed by atoms with E-state index in [9.17, 15) is 5.11 Å². The number of hydrogen-bond donors (Lipinski definition) is 1. The first-order valence-electron chi connectivity index (χ1n) is 10.2. The van der Waals surface area contributed by atoms with E-state index in [4.69, 9.17) is 0 Å². The van der Waals surface area contributed by atoms with E-state index in [-0.39, 0.29) is 11.5 Å². The zero-order valence-electron chi connectivity index (χ0n) is 15.2. The Morgan fingerprint density at radius 1 is 0.913 bits per heavy atom. The second-order valence-corrected chi connectivity index (χ2v) is 11.8. The van der Waals surface area contributed by atoms with Crippen LogP contribution in [-0.4, -0.2) is 21.7 Å². The van der Waals surface area contributed by atoms with Gasteiger partial charge < -0.3 is 5.11 Å². The summed E-state index contributed by atoms with van der Waals surface area (Å²) in [6.07, 6.45) is 11.0. The van der Waals surface area contributed by atoms with Crippen molar-refractivity contribution < 1.29 is 5.11 Å². The van der Waals surface area contributed by atoms with Crippen LogP contribution in [0.2, 0.25) is 0 Å². The number of thioether (sulfide) groups is 1. The summed E-state index contributed by atoms with van der Waals surface area (Å²) in [6.45, 7) is 7.65. The molecule has 23 heavy (non-hydrogen) atoms. The Morgan fingerprint density at radius 3 is 2.39 bits per heavy atom. The van der Waals surface area contributed by atoms with Gasteiger partial charge in [-0.25, -0.2) is 0 Å². The predicted molar refractivity (Wildman–Crippen MR) is 97.5 cm³/mol. The molecule has 1 N–H and O–H groups in total. The minimum atomic E-state index is -0.0182. The molecule has 4 aliphatic carbocycles. The maximum atomic E-state index is 10.6. The average molecular weight is 335 g/mol. The van der Waals surface area contributed by atoms with Gasteiger partial charge in [0, 0.05) is 10.5 Å². The third-order valence-corrected chi connectivity index (χ3v) is 11.4. The Morgan fingerprint density at radius 2 is 1.65 bits per heavy atom. The number of rotatable bonds is 0. The van der Waals surface area contributed by atoms with Gasteiger partial charge in [0.2, 0.25) is 0 Å². The molecule has 9 atom stereocenters. The quantitative estimate of drug-likeness (QED) is 0.620. The van der Waals surface area contributed by atoms with Crippen molar-refractivity contribution in [2.45, 2.75) is 83.0 Å². The standard InChI is InChI=1S/C21H34OS/c1-13-10-20(3)14(11-21(13)12-23-21)4-5-15-16-6-7-18(22)19(16,2)9-8-17(15)20/h13-18,22H,4-12H2,1-3H3/t13-,14-,15+,16-,17+,18+,19+,20+,21+/m1/s1. The summed E-state index contributed by atoms with van der Waals surface area (Å²) >= 11 is 2.27. The summed E-state index contributed by atoms with van der Waals surface area (Å²) in [6, 6.07) is 0. The second kappa shape index (κ2) is 4.72. The zero-order chi connectivity index (χ0) is 16.0. The average Bonchev–Trinajstić information content (AvgIpc) is 3.22. The lowest BCUT2D eigenvalue weighted by Crippen LogP contribution is -2.56. The van der Waals surface area contributed by atoms with Crippen LogP contribution in [0.5, 0.6) is 0 Å². The topological polar surface area (TPSA) is 20.2 Å². The van der Waals surface area contributed by atoms with Crippen molar-refractivity contribution >= 4 is 11.8 Å². The van der Waals surface area contributed by atoms with Crippen LogP contribution < -0.4 is 0 Å². The van der Waals surface area contributed by atoms with Gasteiger partial charge in [0.05, 0.1) is 6.10 Å². The number of fused-ring (bicyclic) bond motifs is 5. The molecule has 5 fully saturated rings. The molecular weight excluding hydrogens is 300 g/mol. The highest BCUT2D eigenvalue weighted by molar-refractivity contribution is 8.07. The highest BCUT2D eigenvalue weighted by atomic mass is 32.2. The first-order valence-corrected chi connectivity index (χ1v) is 11.2. The molecule has 0 bridgehead atoms. The SMILES string of the molecule is C[C@@H]1C[C@@]2(C)[C@H](CC[C@H]3[C@H]4CC[C@H](O)[C@@]4(C)CC[C@@H]32)C[C@]12CS2. The van der Waals surface area contributed by atoms with Crippen molar-refractivity contribution in [3.05, 3.63) is 0 Å². The smallest absolute Gasteiger partial charge is 0.0596 e. The van der Waals surface area contributed by atoms with E-state index in [1.54, 1.807) is 0 Å². The lowest BCUT2D eigenvalue weighted by molar-refractivity contribution is -0.129. The first kappa shape index (κ1) is 15.6. The van der Waals surface area contributed by atoms with Crippen LogP contribution in [0.3, 0.4) is 0 Å². The predicted octanol–water partition coefficient (Wildman–Crippen LogP) is 5.12. The largest absolute Gasteiger partial charge is 0.393 e. The zero-order valence-corrected chi connectivity index (χ0v) is 16.0. The molecule has 0 aromatic carbocycles. The molecule has 1 aliphatic heterocycles. The number of hydrogen-bond acceptors (Lipinski definition) is 2. The summed E-state index contributed by atoms with van der Waals surface area (Å²) < 4.78 is 0.698. The fraction of sp³-hybridized carbons (Fsp3) is 1.00. The van der Waals surface area contributed by atoms with Gasteiger partial charge in [0.25, 0.3) is 0 Å². The van der Waals surface area contributed by atoms with E-state index < -0.39 is 0 Å². The van der Waals surface area contributed by atoms with E-state index in [0.29, 0.717) is 10.2 Å². The van der Waals surface area contributed by atoms with Gasteiger partial charge in [-0.05, 0) is 91.8 Å². The molecule has 1 nitrogen and oxygen atoms in total. The monoisotopic (exact) mass is 334 g/mol. The summed E-state index contributed by atoms with van der Waals surface area (Å²) in [5, 5.41) is 10.6. The van der Waals surface area contributed by atoms with Crippen LogP contribution in [0.15, 0.2) is 0 Å². The molecule has 1 heterocycles. The molecule has 2 heteroatoms. The minimum absolute atomic E-state index is 0.0182. The fourth-order valence-corrected chi connectivity index (χ4v) is 9.39. The van der Waals surface area contributed by atoms with Crippen molar-refractivity contribution in [3.8, 4) is 0 Å². The summed E-state index contributed by atoms with van der Waals surface area (Å²) in [7, 11) is 0. The molecule has 0 aromatic rings. The van der Waals surface area contributed by atoms with E-state index in [0.717, 1.165) is 36.0 Å². The maximum Gasteiger partial charge on any atom is 0.0596 e. The van der Waals surface area contributed by atoms with Gasteiger partial charge in [0.1, 0.15) is 0 Å². The third kappa shape index (κ3) is 1.92. The van der Waals surface area contributed by atoms with E-state index >= 15 is 0 Å². The molecule has 130 valence electrons. The lowest BCUT2D eigenvalue weighted by atomic mass is 9.43. The molecule has 5 aliphatic rings. The molecule has 1 saturated heterocycles. The Hall–Kier alpha value is 0.310. The Balaban J connectivity index is 1.45. The van der Waals surface area contributed by atoms with E-state index in [1.807, 2.05) is 0 Å². The van der Waals surface area contributed by atoms with Crippen molar-refractivity contribution in [2.75, 3.05) is 5.75 Å². The second-order valence-electron chi connectivity index (χ2n) is 10.5. The van der Waals surface area contributed by atoms with Gasteiger partial charge in [-0.15, -0.1) is 0 Å². The Labute approximate surface area is 146 Å². The minimum Gasteiger partial charge on any atom is -0.393 e. The molecular formula is C21H34OS. The van der Waals surface area contributed by atoms with Gasteiger partial charge in [-0.1, -0.05) is 20.8 Å². The van der Waals surface area contributed by atoms with Crippen molar-refractivity contribution in [1.29, 1.82) is 0 Å². The molecule has 4 saturated carbocycles. The molecule has 0 aromatic heterocycles. The van der Waals surface area contributed by atoms with Crippen LogP contribution in [0.25, 0.3) is 0 Å². The van der Waals surface area contributed by atoms with Crippen LogP contribution in [-0.2, 0) is 0 Å². The van der Waals surface area contributed by atoms with Crippen LogP contribution in [0, 0.1) is 40.4 Å². The summed E-state index contributed by atoms with van der Waals surface area (Å²) in [5.41, 5.74) is 0.851. The number of aliphatic hydroxyl groups excluding tert-OH is 1. The lowest BCUT2D eigenvalue weighted by Gasteiger charge is -2.62. The molecule has 0 radical (unpaired) electrons. The van der Waals surface area contributed by atoms with Crippen LogP contribution >= 0.6 is 11.8 Å². The van der Waals surface area contributed by atoms with Crippen LogP contribution in [0.1, 0.15) is 72.1 Å². The van der Waals surface area contributed by atoms with Gasteiger partial charge >= 0.3 is 0 Å². The van der Waals surface area contributed by atoms with E-state index in [1.165, 1.54) is 50.7 Å². The van der Waals surface area contributed by atoms with Gasteiger partial charge in [-0.2, -0.15) is 11.8 Å². The van der Waals surface area contributed by atoms with Crippen LogP contribution in [0.4, 0.5) is 0 Å². The highest BCUT2D eigenvalue weighted by Gasteiger charge is 2.64. The fourth-order valence-electron chi connectivity index (χ4n) is 8.12. The Kier molecular flexibility index (Phi) is 3.20. The normalized spacial score (nSPS) is 64.2. The highest BCUT2D eigenvalue weighted by Crippen LogP contribution is 2.71. The first-order chi connectivity index (χ1) is 10.9. The third-order valence-electron chi connectivity index (χ3n) is 9.77. The van der Waals surface area contributed by atoms with Crippen molar-refractivity contribution in [1.82, 2.24) is 0 Å². The molecule has 5 rings (SSSR count). The van der Waals surface area contributed by atoms with Gasteiger partial charge in [-0.3, -0.25) is 0 Å². The molecule has 0 unspecified atom stereocenters. The number of aliphatic hydroxyl groups is 1. The summed E-state index contributed by atoms with van der Waals surface area (Å²) in [4.78, 5) is 0. The van der Waals surface area contributed by atoms with E-state index in [2.05, 4.69) is 32.5 Å². The van der Waals surface area contributed by atoms with Crippen molar-refractivity contribution in [2.24, 2.45) is 40.4 Å².